The fourth-order valence-corrected chi connectivity index (χ4v) is 3.37. The molecule has 8 nitrogen and oxygen atoms in total. The zero-order valence-corrected chi connectivity index (χ0v) is 17.6. The Morgan fingerprint density at radius 3 is 2.42 bits per heavy atom. The Morgan fingerprint density at radius 1 is 1.18 bits per heavy atom. The van der Waals surface area contributed by atoms with Crippen LogP contribution >= 0.6 is 11.8 Å². The lowest BCUT2D eigenvalue weighted by Gasteiger charge is -2.29. The van der Waals surface area contributed by atoms with E-state index in [2.05, 4.69) is 9.57 Å². The van der Waals surface area contributed by atoms with E-state index in [0.29, 0.717) is 0 Å². The van der Waals surface area contributed by atoms with Gasteiger partial charge in [0.2, 0.25) is 6.10 Å². The molecule has 2 rings (SSSR count). The van der Waals surface area contributed by atoms with E-state index in [0.717, 1.165) is 30.0 Å². The van der Waals surface area contributed by atoms with E-state index in [1.807, 2.05) is 0 Å². The van der Waals surface area contributed by atoms with Gasteiger partial charge in [-0.25, -0.2) is 4.79 Å². The van der Waals surface area contributed by atoms with Crippen LogP contribution in [0.1, 0.15) is 18.1 Å². The predicted octanol–water partition coefficient (Wildman–Crippen LogP) is 4.34. The number of halogens is 6. The second-order valence-corrected chi connectivity index (χ2v) is 7.57. The van der Waals surface area contributed by atoms with Gasteiger partial charge in [-0.05, 0) is 30.2 Å². The summed E-state index contributed by atoms with van der Waals surface area (Å²) >= 11 is 1.09. The number of carbonyl (C=O) groups is 1. The number of esters is 1. The molecule has 1 aliphatic rings. The van der Waals surface area contributed by atoms with Gasteiger partial charge in [0, 0.05) is 17.1 Å². The number of carbonyl (C=O) groups excluding carboxylic acids is 1. The van der Waals surface area contributed by atoms with Crippen LogP contribution in [0.4, 0.5) is 26.3 Å². The molecule has 0 radical (unpaired) electrons. The molecular formula is C18H17F6NO7S. The number of benzene rings is 1. The number of ether oxygens (including phenoxy) is 3. The Labute approximate surface area is 186 Å². The van der Waals surface area contributed by atoms with Crippen molar-refractivity contribution in [3.63, 3.8) is 0 Å². The van der Waals surface area contributed by atoms with Crippen LogP contribution in [0.25, 0.3) is 6.08 Å². The SMILES string of the molecule is CCc1cc(OC(F)(F)F)cc2c1O[C@H](C(F)(F)F)C(C(=O)OCCSCCO[N+](=O)[O-])=C2. The molecule has 1 atom stereocenters. The summed E-state index contributed by atoms with van der Waals surface area (Å²) in [6.07, 6.45) is -11.9. The molecule has 15 heteroatoms. The molecule has 184 valence electrons. The van der Waals surface area contributed by atoms with Crippen LogP contribution < -0.4 is 9.47 Å². The highest BCUT2D eigenvalue weighted by Gasteiger charge is 2.49. The molecule has 1 aliphatic heterocycles. The van der Waals surface area contributed by atoms with Gasteiger partial charge in [0.1, 0.15) is 24.7 Å². The fraction of sp³-hybridized carbons (Fsp3) is 0.500. The number of thioether (sulfide) groups is 1. The van der Waals surface area contributed by atoms with Gasteiger partial charge >= 0.3 is 18.5 Å². The molecule has 0 saturated carbocycles. The highest BCUT2D eigenvalue weighted by molar-refractivity contribution is 7.99. The largest absolute Gasteiger partial charge is 0.573 e. The lowest BCUT2D eigenvalue weighted by Crippen LogP contribution is -2.41. The maximum Gasteiger partial charge on any atom is 0.573 e. The van der Waals surface area contributed by atoms with Crippen LogP contribution in [-0.4, -0.2) is 54.4 Å². The zero-order valence-electron chi connectivity index (χ0n) is 16.8. The van der Waals surface area contributed by atoms with E-state index in [9.17, 15) is 41.3 Å². The number of hydrogen-bond acceptors (Lipinski definition) is 8. The molecule has 0 bridgehead atoms. The summed E-state index contributed by atoms with van der Waals surface area (Å²) < 4.78 is 92.1. The van der Waals surface area contributed by atoms with Crippen molar-refractivity contribution in [1.82, 2.24) is 0 Å². The molecule has 0 N–H and O–H groups in total. The van der Waals surface area contributed by atoms with Crippen LogP contribution in [0.15, 0.2) is 17.7 Å². The number of rotatable bonds is 10. The third-order valence-electron chi connectivity index (χ3n) is 4.03. The summed E-state index contributed by atoms with van der Waals surface area (Å²) in [5.41, 5.74) is -1.12. The molecule has 33 heavy (non-hydrogen) atoms. The van der Waals surface area contributed by atoms with Crippen LogP contribution in [-0.2, 0) is 20.8 Å². The summed E-state index contributed by atoms with van der Waals surface area (Å²) in [6.45, 7) is 0.953. The summed E-state index contributed by atoms with van der Waals surface area (Å²) in [7, 11) is 0. The van der Waals surface area contributed by atoms with E-state index in [1.165, 1.54) is 6.92 Å². The van der Waals surface area contributed by atoms with Crippen molar-refractivity contribution >= 4 is 23.8 Å². The van der Waals surface area contributed by atoms with Crippen molar-refractivity contribution in [3.8, 4) is 11.5 Å². The van der Waals surface area contributed by atoms with Crippen molar-refractivity contribution in [3.05, 3.63) is 38.9 Å². The molecule has 0 aromatic heterocycles. The minimum absolute atomic E-state index is 0.0259. The highest BCUT2D eigenvalue weighted by atomic mass is 32.2. The minimum atomic E-state index is -5.03. The van der Waals surface area contributed by atoms with E-state index < -0.39 is 41.0 Å². The quantitative estimate of drug-likeness (QED) is 0.152. The van der Waals surface area contributed by atoms with Gasteiger partial charge in [-0.15, -0.1) is 23.3 Å². The third kappa shape index (κ3) is 7.91. The summed E-state index contributed by atoms with van der Waals surface area (Å²) in [5, 5.41) is 9.03. The van der Waals surface area contributed by atoms with Gasteiger partial charge in [0.15, 0.2) is 0 Å². The lowest BCUT2D eigenvalue weighted by molar-refractivity contribution is -0.756. The van der Waals surface area contributed by atoms with Crippen LogP contribution in [0.3, 0.4) is 0 Å². The first-order chi connectivity index (χ1) is 15.3. The molecule has 0 aliphatic carbocycles. The van der Waals surface area contributed by atoms with Crippen molar-refractivity contribution in [2.75, 3.05) is 24.7 Å². The summed E-state index contributed by atoms with van der Waals surface area (Å²) in [4.78, 5) is 26.4. The van der Waals surface area contributed by atoms with Gasteiger partial charge in [0.05, 0.1) is 5.57 Å². The van der Waals surface area contributed by atoms with Gasteiger partial charge in [0.25, 0.3) is 5.09 Å². The molecule has 0 fully saturated rings. The van der Waals surface area contributed by atoms with Crippen molar-refractivity contribution in [2.45, 2.75) is 32.0 Å². The molecule has 0 unspecified atom stereocenters. The second-order valence-electron chi connectivity index (χ2n) is 6.35. The van der Waals surface area contributed by atoms with Crippen LogP contribution in [0.5, 0.6) is 11.5 Å². The minimum Gasteiger partial charge on any atom is -0.475 e. The average molecular weight is 505 g/mol. The van der Waals surface area contributed by atoms with E-state index in [-0.39, 0.29) is 48.0 Å². The third-order valence-corrected chi connectivity index (χ3v) is 4.94. The number of alkyl halides is 6. The Kier molecular flexibility index (Phi) is 8.69. The van der Waals surface area contributed by atoms with Gasteiger partial charge in [-0.1, -0.05) is 6.92 Å². The Balaban J connectivity index is 2.20. The smallest absolute Gasteiger partial charge is 0.475 e. The topological polar surface area (TPSA) is 97.1 Å². The Morgan fingerprint density at radius 2 is 1.85 bits per heavy atom. The number of aryl methyl sites for hydroxylation is 1. The number of hydrogen-bond donors (Lipinski definition) is 0. The van der Waals surface area contributed by atoms with E-state index in [4.69, 9.17) is 9.47 Å². The number of nitrogens with zero attached hydrogens (tertiary/aromatic N) is 1. The highest BCUT2D eigenvalue weighted by Crippen LogP contribution is 2.42. The van der Waals surface area contributed by atoms with Gasteiger partial charge in [-0.3, -0.25) is 0 Å². The van der Waals surface area contributed by atoms with Crippen LogP contribution in [0.2, 0.25) is 0 Å². The maximum atomic E-state index is 13.6. The molecule has 0 saturated heterocycles. The second kappa shape index (κ2) is 10.9. The van der Waals surface area contributed by atoms with E-state index >= 15 is 0 Å². The Bertz CT molecular complexity index is 903. The molecule has 1 aromatic carbocycles. The van der Waals surface area contributed by atoms with Gasteiger partial charge < -0.3 is 19.0 Å². The molecule has 0 spiro atoms. The van der Waals surface area contributed by atoms with Crippen molar-refractivity contribution in [2.24, 2.45) is 0 Å². The first-order valence-corrected chi connectivity index (χ1v) is 10.4. The van der Waals surface area contributed by atoms with Crippen molar-refractivity contribution < 1.29 is 55.3 Å². The molecule has 1 aromatic rings. The Hall–Kier alpha value is -2.84. The van der Waals surface area contributed by atoms with Gasteiger partial charge in [-0.2, -0.15) is 24.9 Å². The first-order valence-electron chi connectivity index (χ1n) is 9.21. The molecule has 0 amide bonds. The maximum absolute atomic E-state index is 13.6. The first kappa shape index (κ1) is 26.4. The molecular weight excluding hydrogens is 488 g/mol. The predicted molar refractivity (Wildman–Crippen MR) is 102 cm³/mol. The standard InChI is InChI=1S/C18H17F6NO7S/c1-2-10-7-12(32-18(22,23)24)8-11-9-13(15(17(19,20)21)31-14(10)11)16(26)29-3-5-33-6-4-30-25(27)28/h7-9,15H,2-6H2,1H3/t15-/m0/s1. The zero-order chi connectivity index (χ0) is 24.8. The lowest BCUT2D eigenvalue weighted by atomic mass is 9.97. The van der Waals surface area contributed by atoms with Crippen molar-refractivity contribution in [1.29, 1.82) is 0 Å². The average Bonchev–Trinajstić information content (AvgIpc) is 2.69. The monoisotopic (exact) mass is 505 g/mol. The summed E-state index contributed by atoms with van der Waals surface area (Å²) in [6, 6.07) is 1.73. The van der Waals surface area contributed by atoms with Crippen LogP contribution in [0, 0.1) is 10.1 Å². The van der Waals surface area contributed by atoms with E-state index in [1.54, 1.807) is 0 Å². The number of fused-ring (bicyclic) bond motifs is 1. The molecule has 1 heterocycles. The summed E-state index contributed by atoms with van der Waals surface area (Å²) in [5.74, 6) is -2.08. The fourth-order valence-electron chi connectivity index (χ4n) is 2.77. The normalized spacial score (nSPS) is 15.7.